The molecule has 2 rings (SSSR count). The Bertz CT molecular complexity index is 557. The van der Waals surface area contributed by atoms with Crippen molar-refractivity contribution in [3.05, 3.63) is 39.6 Å². The summed E-state index contributed by atoms with van der Waals surface area (Å²) in [5.74, 6) is 0.832. The van der Waals surface area contributed by atoms with Crippen molar-refractivity contribution >= 4 is 15.9 Å². The van der Waals surface area contributed by atoms with E-state index in [1.807, 2.05) is 19.1 Å². The van der Waals surface area contributed by atoms with Crippen LogP contribution in [-0.4, -0.2) is 16.9 Å². The van der Waals surface area contributed by atoms with Gasteiger partial charge in [-0.05, 0) is 41.9 Å². The molecule has 0 spiro atoms. The standard InChI is InChI=1S/C14H18BrN3O2/c1-3-7-16-8-11-5-4-6-12(15)14(11)19-9-13-10(2)17-20-18-13/h4-6,16H,3,7-9H2,1-2H3. The summed E-state index contributed by atoms with van der Waals surface area (Å²) in [5.41, 5.74) is 2.58. The second-order valence-electron chi connectivity index (χ2n) is 4.49. The molecule has 0 aliphatic rings. The summed E-state index contributed by atoms with van der Waals surface area (Å²) in [6.45, 7) is 6.10. The third kappa shape index (κ3) is 3.80. The van der Waals surface area contributed by atoms with Crippen molar-refractivity contribution < 1.29 is 9.37 Å². The van der Waals surface area contributed by atoms with Gasteiger partial charge >= 0.3 is 0 Å². The van der Waals surface area contributed by atoms with Crippen LogP contribution in [-0.2, 0) is 13.2 Å². The number of aromatic nitrogens is 2. The Hall–Kier alpha value is -1.40. The van der Waals surface area contributed by atoms with Crippen molar-refractivity contribution in [1.82, 2.24) is 15.6 Å². The highest BCUT2D eigenvalue weighted by Crippen LogP contribution is 2.29. The monoisotopic (exact) mass is 339 g/mol. The first-order chi connectivity index (χ1) is 9.72. The van der Waals surface area contributed by atoms with E-state index in [0.717, 1.165) is 41.0 Å². The molecule has 0 radical (unpaired) electrons. The predicted octanol–water partition coefficient (Wildman–Crippen LogP) is 3.22. The smallest absolute Gasteiger partial charge is 0.145 e. The number of aryl methyl sites for hydroxylation is 1. The molecule has 1 heterocycles. The van der Waals surface area contributed by atoms with E-state index in [1.54, 1.807) is 0 Å². The van der Waals surface area contributed by atoms with Crippen molar-refractivity contribution in [1.29, 1.82) is 0 Å². The summed E-state index contributed by atoms with van der Waals surface area (Å²) in [4.78, 5) is 0. The van der Waals surface area contributed by atoms with E-state index >= 15 is 0 Å². The molecule has 0 saturated heterocycles. The molecule has 5 nitrogen and oxygen atoms in total. The van der Waals surface area contributed by atoms with Gasteiger partial charge in [0.1, 0.15) is 23.7 Å². The van der Waals surface area contributed by atoms with Gasteiger partial charge in [-0.25, -0.2) is 4.63 Å². The minimum absolute atomic E-state index is 0.346. The molecule has 1 aromatic heterocycles. The van der Waals surface area contributed by atoms with E-state index in [4.69, 9.17) is 4.74 Å². The molecule has 0 unspecified atom stereocenters. The van der Waals surface area contributed by atoms with Crippen LogP contribution < -0.4 is 10.1 Å². The highest BCUT2D eigenvalue weighted by Gasteiger charge is 2.11. The molecule has 0 atom stereocenters. The fourth-order valence-corrected chi connectivity index (χ4v) is 2.30. The zero-order chi connectivity index (χ0) is 14.4. The van der Waals surface area contributed by atoms with Crippen LogP contribution in [0.2, 0.25) is 0 Å². The fraction of sp³-hybridized carbons (Fsp3) is 0.429. The number of nitrogens with zero attached hydrogens (tertiary/aromatic N) is 2. The van der Waals surface area contributed by atoms with Crippen LogP contribution in [0.25, 0.3) is 0 Å². The van der Waals surface area contributed by atoms with Crippen LogP contribution in [0.5, 0.6) is 5.75 Å². The Balaban J connectivity index is 2.07. The topological polar surface area (TPSA) is 60.2 Å². The number of halogens is 1. The lowest BCUT2D eigenvalue weighted by atomic mass is 10.2. The van der Waals surface area contributed by atoms with Gasteiger partial charge in [-0.2, -0.15) is 0 Å². The third-order valence-electron chi connectivity index (χ3n) is 2.89. The molecule has 20 heavy (non-hydrogen) atoms. The summed E-state index contributed by atoms with van der Waals surface area (Å²) in [6.07, 6.45) is 1.11. The molecule has 0 fully saturated rings. The van der Waals surface area contributed by atoms with Gasteiger partial charge in [-0.3, -0.25) is 0 Å². The minimum atomic E-state index is 0.346. The zero-order valence-corrected chi connectivity index (χ0v) is 13.2. The first-order valence-corrected chi connectivity index (χ1v) is 7.40. The Kier molecular flexibility index (Phi) is 5.55. The average Bonchev–Trinajstić information content (AvgIpc) is 2.84. The Morgan fingerprint density at radius 2 is 2.20 bits per heavy atom. The number of rotatable bonds is 7. The molecule has 2 aromatic rings. The molecule has 0 aliphatic heterocycles. The van der Waals surface area contributed by atoms with E-state index in [9.17, 15) is 0 Å². The summed E-state index contributed by atoms with van der Waals surface area (Å²) < 4.78 is 11.5. The lowest BCUT2D eigenvalue weighted by molar-refractivity contribution is 0.267. The molecule has 6 heteroatoms. The largest absolute Gasteiger partial charge is 0.486 e. The van der Waals surface area contributed by atoms with Crippen LogP contribution >= 0.6 is 15.9 Å². The molecule has 0 aliphatic carbocycles. The number of ether oxygens (including phenoxy) is 1. The van der Waals surface area contributed by atoms with Crippen LogP contribution in [0, 0.1) is 6.92 Å². The summed E-state index contributed by atoms with van der Waals surface area (Å²) in [6, 6.07) is 6.02. The van der Waals surface area contributed by atoms with Crippen LogP contribution in [0.3, 0.4) is 0 Å². The molecule has 0 bridgehead atoms. The molecule has 0 amide bonds. The van der Waals surface area contributed by atoms with Crippen molar-refractivity contribution in [3.8, 4) is 5.75 Å². The van der Waals surface area contributed by atoms with Crippen molar-refractivity contribution in [3.63, 3.8) is 0 Å². The maximum absolute atomic E-state index is 5.87. The SMILES string of the molecule is CCCNCc1cccc(Br)c1OCc1nonc1C. The summed E-state index contributed by atoms with van der Waals surface area (Å²) in [7, 11) is 0. The van der Waals surface area contributed by atoms with Crippen LogP contribution in [0.4, 0.5) is 0 Å². The van der Waals surface area contributed by atoms with Gasteiger partial charge in [0.05, 0.1) is 4.47 Å². The van der Waals surface area contributed by atoms with Gasteiger partial charge < -0.3 is 10.1 Å². The Morgan fingerprint density at radius 1 is 1.35 bits per heavy atom. The molecule has 0 saturated carbocycles. The van der Waals surface area contributed by atoms with Gasteiger partial charge in [0, 0.05) is 12.1 Å². The van der Waals surface area contributed by atoms with Crippen molar-refractivity contribution in [2.75, 3.05) is 6.54 Å². The first kappa shape index (κ1) is 15.0. The van der Waals surface area contributed by atoms with E-state index in [-0.39, 0.29) is 0 Å². The van der Waals surface area contributed by atoms with Gasteiger partial charge in [-0.1, -0.05) is 29.4 Å². The predicted molar refractivity (Wildman–Crippen MR) is 79.5 cm³/mol. The lowest BCUT2D eigenvalue weighted by Crippen LogP contribution is -2.15. The fourth-order valence-electron chi connectivity index (χ4n) is 1.78. The van der Waals surface area contributed by atoms with Gasteiger partial charge in [0.25, 0.3) is 0 Å². The average molecular weight is 340 g/mol. The number of nitrogens with one attached hydrogen (secondary N) is 1. The van der Waals surface area contributed by atoms with E-state index < -0.39 is 0 Å². The quantitative estimate of drug-likeness (QED) is 0.784. The lowest BCUT2D eigenvalue weighted by Gasteiger charge is -2.13. The molecular weight excluding hydrogens is 322 g/mol. The normalized spacial score (nSPS) is 10.8. The zero-order valence-electron chi connectivity index (χ0n) is 11.6. The van der Waals surface area contributed by atoms with Crippen molar-refractivity contribution in [2.45, 2.75) is 33.4 Å². The summed E-state index contributed by atoms with van der Waals surface area (Å²) in [5, 5.41) is 10.9. The molecule has 1 aromatic carbocycles. The second-order valence-corrected chi connectivity index (χ2v) is 5.34. The number of benzene rings is 1. The number of para-hydroxylation sites is 1. The number of hydrogen-bond donors (Lipinski definition) is 1. The van der Waals surface area contributed by atoms with Crippen molar-refractivity contribution in [2.24, 2.45) is 0 Å². The molecular formula is C14H18BrN3O2. The van der Waals surface area contributed by atoms with E-state index in [2.05, 4.69) is 49.2 Å². The number of hydrogen-bond acceptors (Lipinski definition) is 5. The highest BCUT2D eigenvalue weighted by atomic mass is 79.9. The molecule has 1 N–H and O–H groups in total. The highest BCUT2D eigenvalue weighted by molar-refractivity contribution is 9.10. The Labute approximate surface area is 126 Å². The first-order valence-electron chi connectivity index (χ1n) is 6.61. The molecule has 108 valence electrons. The second kappa shape index (κ2) is 7.40. The maximum Gasteiger partial charge on any atom is 0.145 e. The maximum atomic E-state index is 5.87. The van der Waals surface area contributed by atoms with E-state index in [0.29, 0.717) is 12.3 Å². The van der Waals surface area contributed by atoms with Crippen LogP contribution in [0.1, 0.15) is 30.3 Å². The van der Waals surface area contributed by atoms with Gasteiger partial charge in [-0.15, -0.1) is 0 Å². The van der Waals surface area contributed by atoms with Gasteiger partial charge in [0.15, 0.2) is 0 Å². The van der Waals surface area contributed by atoms with Crippen LogP contribution in [0.15, 0.2) is 27.3 Å². The Morgan fingerprint density at radius 3 is 2.90 bits per heavy atom. The van der Waals surface area contributed by atoms with Gasteiger partial charge in [0.2, 0.25) is 0 Å². The minimum Gasteiger partial charge on any atom is -0.486 e. The summed E-state index contributed by atoms with van der Waals surface area (Å²) >= 11 is 3.53. The third-order valence-corrected chi connectivity index (χ3v) is 3.51. The van der Waals surface area contributed by atoms with E-state index in [1.165, 1.54) is 0 Å².